The van der Waals surface area contributed by atoms with Crippen LogP contribution in [0.5, 0.6) is 5.75 Å². The number of hydrogen-bond acceptors (Lipinski definition) is 2. The van der Waals surface area contributed by atoms with Crippen LogP contribution in [0.1, 0.15) is 10.4 Å². The Morgan fingerprint density at radius 3 is 2.53 bits per heavy atom. The van der Waals surface area contributed by atoms with E-state index in [2.05, 4.69) is 54.4 Å². The Morgan fingerprint density at radius 2 is 2.00 bits per heavy atom. The molecule has 0 aliphatic heterocycles. The molecule has 0 spiro atoms. The van der Waals surface area contributed by atoms with Gasteiger partial charge in [-0.05, 0) is 53.9 Å². The van der Waals surface area contributed by atoms with Crippen molar-refractivity contribution in [1.29, 1.82) is 0 Å². The van der Waals surface area contributed by atoms with Gasteiger partial charge in [0.2, 0.25) is 0 Å². The van der Waals surface area contributed by atoms with Crippen LogP contribution in [0.25, 0.3) is 0 Å². The van der Waals surface area contributed by atoms with Crippen molar-refractivity contribution in [1.82, 2.24) is 0 Å². The number of ether oxygens (including phenoxy) is 1. The molecule has 2 nitrogen and oxygen atoms in total. The SMILES string of the molecule is C=CCOc1c(Br)cc(Br)c(C=O)c1Br. The molecule has 0 N–H and O–H groups in total. The zero-order valence-corrected chi connectivity index (χ0v) is 12.4. The molecule has 1 aromatic carbocycles. The molecule has 0 radical (unpaired) electrons. The van der Waals surface area contributed by atoms with Gasteiger partial charge in [0, 0.05) is 10.0 Å². The summed E-state index contributed by atoms with van der Waals surface area (Å²) < 4.78 is 7.53. The molecule has 0 saturated heterocycles. The summed E-state index contributed by atoms with van der Waals surface area (Å²) in [5, 5.41) is 0. The second-order valence-corrected chi connectivity index (χ2v) is 5.12. The van der Waals surface area contributed by atoms with Crippen molar-refractivity contribution in [3.63, 3.8) is 0 Å². The van der Waals surface area contributed by atoms with E-state index >= 15 is 0 Å². The molecular weight excluding hydrogens is 392 g/mol. The lowest BCUT2D eigenvalue weighted by molar-refractivity contribution is 0.112. The molecule has 1 rings (SSSR count). The minimum Gasteiger partial charge on any atom is -0.487 e. The maximum Gasteiger partial charge on any atom is 0.152 e. The minimum absolute atomic E-state index is 0.386. The van der Waals surface area contributed by atoms with Crippen LogP contribution in [-0.2, 0) is 0 Å². The minimum atomic E-state index is 0.386. The zero-order chi connectivity index (χ0) is 11.4. The molecule has 0 unspecified atom stereocenters. The molecule has 0 fully saturated rings. The third-order valence-corrected chi connectivity index (χ3v) is 3.66. The fourth-order valence-corrected chi connectivity index (χ4v) is 3.51. The van der Waals surface area contributed by atoms with Crippen LogP contribution in [0, 0.1) is 0 Å². The molecule has 0 aliphatic rings. The standard InChI is InChI=1S/C10H7Br3O2/c1-2-3-15-10-8(12)4-7(11)6(5-14)9(10)13/h2,4-5H,1,3H2. The van der Waals surface area contributed by atoms with Gasteiger partial charge in [-0.15, -0.1) is 0 Å². The van der Waals surface area contributed by atoms with Crippen molar-refractivity contribution < 1.29 is 9.53 Å². The number of hydrogen-bond donors (Lipinski definition) is 0. The van der Waals surface area contributed by atoms with Crippen LogP contribution in [0.3, 0.4) is 0 Å². The van der Waals surface area contributed by atoms with E-state index in [0.29, 0.717) is 26.9 Å². The number of aldehydes is 1. The van der Waals surface area contributed by atoms with Gasteiger partial charge >= 0.3 is 0 Å². The Kier molecular flexibility index (Phi) is 5.02. The quantitative estimate of drug-likeness (QED) is 0.556. The Balaban J connectivity index is 3.25. The van der Waals surface area contributed by atoms with E-state index in [1.54, 1.807) is 12.1 Å². The van der Waals surface area contributed by atoms with Crippen molar-refractivity contribution in [2.24, 2.45) is 0 Å². The molecule has 80 valence electrons. The summed E-state index contributed by atoms with van der Waals surface area (Å²) in [6, 6.07) is 1.77. The average Bonchev–Trinajstić information content (AvgIpc) is 2.17. The first-order chi connectivity index (χ1) is 7.11. The highest BCUT2D eigenvalue weighted by atomic mass is 79.9. The third-order valence-electron chi connectivity index (χ3n) is 1.63. The number of rotatable bonds is 4. The second kappa shape index (κ2) is 5.82. The summed E-state index contributed by atoms with van der Waals surface area (Å²) in [5.41, 5.74) is 0.525. The summed E-state index contributed by atoms with van der Waals surface area (Å²) in [5.74, 6) is 0.597. The molecule has 0 bridgehead atoms. The summed E-state index contributed by atoms with van der Waals surface area (Å²) in [4.78, 5) is 10.8. The predicted molar refractivity (Wildman–Crippen MR) is 70.6 cm³/mol. The van der Waals surface area contributed by atoms with Gasteiger partial charge in [0.15, 0.2) is 6.29 Å². The molecule has 0 aromatic heterocycles. The van der Waals surface area contributed by atoms with Crippen molar-refractivity contribution >= 4 is 54.1 Å². The number of halogens is 3. The average molecular weight is 399 g/mol. The maximum atomic E-state index is 10.8. The van der Waals surface area contributed by atoms with Crippen molar-refractivity contribution in [3.8, 4) is 5.75 Å². The van der Waals surface area contributed by atoms with Gasteiger partial charge < -0.3 is 4.74 Å². The monoisotopic (exact) mass is 396 g/mol. The first-order valence-electron chi connectivity index (χ1n) is 3.98. The lowest BCUT2D eigenvalue weighted by Gasteiger charge is -2.11. The smallest absolute Gasteiger partial charge is 0.152 e. The van der Waals surface area contributed by atoms with Gasteiger partial charge in [0.1, 0.15) is 12.4 Å². The molecule has 0 amide bonds. The van der Waals surface area contributed by atoms with Crippen LogP contribution >= 0.6 is 47.8 Å². The molecule has 5 heteroatoms. The Morgan fingerprint density at radius 1 is 1.33 bits per heavy atom. The number of carbonyl (C=O) groups excluding carboxylic acids is 1. The third kappa shape index (κ3) is 2.92. The highest BCUT2D eigenvalue weighted by molar-refractivity contribution is 9.11. The van der Waals surface area contributed by atoms with Gasteiger partial charge in [-0.1, -0.05) is 12.7 Å². The first kappa shape index (κ1) is 12.9. The van der Waals surface area contributed by atoms with E-state index in [0.717, 1.165) is 10.8 Å². The highest BCUT2D eigenvalue weighted by Gasteiger charge is 2.14. The normalized spacial score (nSPS) is 9.80. The molecule has 0 aliphatic carbocycles. The van der Waals surface area contributed by atoms with E-state index in [-0.39, 0.29) is 0 Å². The summed E-state index contributed by atoms with van der Waals surface area (Å²) >= 11 is 9.97. The van der Waals surface area contributed by atoms with E-state index in [1.165, 1.54) is 0 Å². The number of carbonyl (C=O) groups is 1. The van der Waals surface area contributed by atoms with Crippen LogP contribution < -0.4 is 4.74 Å². The molecule has 15 heavy (non-hydrogen) atoms. The van der Waals surface area contributed by atoms with E-state index in [1.807, 2.05) is 0 Å². The van der Waals surface area contributed by atoms with Gasteiger partial charge in [0.25, 0.3) is 0 Å². The van der Waals surface area contributed by atoms with Crippen molar-refractivity contribution in [2.75, 3.05) is 6.61 Å². The van der Waals surface area contributed by atoms with Gasteiger partial charge in [0.05, 0.1) is 8.95 Å². The largest absolute Gasteiger partial charge is 0.487 e. The molecule has 0 atom stereocenters. The van der Waals surface area contributed by atoms with Crippen LogP contribution in [0.2, 0.25) is 0 Å². The van der Waals surface area contributed by atoms with Crippen molar-refractivity contribution in [2.45, 2.75) is 0 Å². The van der Waals surface area contributed by atoms with Crippen LogP contribution in [0.15, 0.2) is 32.1 Å². The van der Waals surface area contributed by atoms with Gasteiger partial charge in [-0.25, -0.2) is 0 Å². The maximum absolute atomic E-state index is 10.8. The Hall–Kier alpha value is -0.130. The predicted octanol–water partition coefficient (Wildman–Crippen LogP) is 4.35. The van der Waals surface area contributed by atoms with Gasteiger partial charge in [-0.3, -0.25) is 4.79 Å². The summed E-state index contributed by atoms with van der Waals surface area (Å²) in [6.45, 7) is 3.95. The number of benzene rings is 1. The molecule has 1 aromatic rings. The van der Waals surface area contributed by atoms with E-state index in [4.69, 9.17) is 4.74 Å². The molecule has 0 saturated carbocycles. The summed E-state index contributed by atoms with van der Waals surface area (Å²) in [6.07, 6.45) is 2.41. The van der Waals surface area contributed by atoms with Crippen LogP contribution in [0.4, 0.5) is 0 Å². The molecule has 0 heterocycles. The fourth-order valence-electron chi connectivity index (χ4n) is 0.969. The second-order valence-electron chi connectivity index (χ2n) is 2.61. The highest BCUT2D eigenvalue weighted by Crippen LogP contribution is 2.39. The lowest BCUT2D eigenvalue weighted by atomic mass is 10.2. The summed E-state index contributed by atoms with van der Waals surface area (Å²) in [7, 11) is 0. The Labute approximate surface area is 113 Å². The first-order valence-corrected chi connectivity index (χ1v) is 6.36. The Bertz CT molecular complexity index is 402. The zero-order valence-electron chi connectivity index (χ0n) is 7.60. The van der Waals surface area contributed by atoms with Gasteiger partial charge in [-0.2, -0.15) is 0 Å². The van der Waals surface area contributed by atoms with E-state index < -0.39 is 0 Å². The van der Waals surface area contributed by atoms with E-state index in [9.17, 15) is 4.79 Å². The molecular formula is C10H7Br3O2. The lowest BCUT2D eigenvalue weighted by Crippen LogP contribution is -1.97. The fraction of sp³-hybridized carbons (Fsp3) is 0.100. The van der Waals surface area contributed by atoms with Crippen molar-refractivity contribution in [3.05, 3.63) is 37.7 Å². The topological polar surface area (TPSA) is 26.3 Å². The van der Waals surface area contributed by atoms with Crippen LogP contribution in [-0.4, -0.2) is 12.9 Å².